The van der Waals surface area contributed by atoms with Crippen LogP contribution in [0.2, 0.25) is 0 Å². The molecule has 0 aliphatic carbocycles. The van der Waals surface area contributed by atoms with Gasteiger partial charge in [-0.3, -0.25) is 24.0 Å². The van der Waals surface area contributed by atoms with E-state index in [0.29, 0.717) is 32.3 Å². The summed E-state index contributed by atoms with van der Waals surface area (Å²) in [7, 11) is 0. The number of esters is 1. The van der Waals surface area contributed by atoms with Crippen molar-refractivity contribution in [3.8, 4) is 37.0 Å². The zero-order valence-corrected chi connectivity index (χ0v) is 24.9. The molecule has 11 heteroatoms. The van der Waals surface area contributed by atoms with Crippen LogP contribution in [0.1, 0.15) is 49.7 Å². The number of carboxylic acid groups (broad SMARTS) is 1. The molecule has 2 aromatic rings. The van der Waals surface area contributed by atoms with Crippen molar-refractivity contribution >= 4 is 62.5 Å². The summed E-state index contributed by atoms with van der Waals surface area (Å²) in [5, 5.41) is 13.8. The summed E-state index contributed by atoms with van der Waals surface area (Å²) in [6.07, 6.45) is 16.5. The zero-order chi connectivity index (χ0) is 32.6. The van der Waals surface area contributed by atoms with E-state index in [1.165, 1.54) is 0 Å². The summed E-state index contributed by atoms with van der Waals surface area (Å²) in [4.78, 5) is 49.4. The second kappa shape index (κ2) is 31.4. The lowest BCUT2D eigenvalue weighted by Crippen LogP contribution is -2.03. The van der Waals surface area contributed by atoms with Gasteiger partial charge in [0.1, 0.15) is 6.61 Å². The van der Waals surface area contributed by atoms with Gasteiger partial charge in [-0.1, -0.05) is 60.7 Å². The lowest BCUT2D eigenvalue weighted by molar-refractivity contribution is -0.144. The molecule has 224 valence electrons. The summed E-state index contributed by atoms with van der Waals surface area (Å²) in [6, 6.07) is 19.1. The second-order valence-corrected chi connectivity index (χ2v) is 8.31. The number of aliphatic hydroxyl groups is 1. The predicted octanol–water partition coefficient (Wildman–Crippen LogP) is 5.49. The molecule has 2 rings (SSSR count). The molecular formula is C31H31Cl3O8. The van der Waals surface area contributed by atoms with E-state index in [-0.39, 0.29) is 30.7 Å². The van der Waals surface area contributed by atoms with Crippen LogP contribution in [0.25, 0.3) is 0 Å². The first-order valence-corrected chi connectivity index (χ1v) is 13.0. The Morgan fingerprint density at radius 3 is 1.36 bits per heavy atom. The molecule has 0 radical (unpaired) electrons. The minimum Gasteiger partial charge on any atom is -0.481 e. The van der Waals surface area contributed by atoms with Crippen LogP contribution in [0.3, 0.4) is 0 Å². The SMILES string of the molecule is C#CCCC(=O)Cl.C#CCCC(=O)O.C#CCCC(=O)OCc1ccccc1.O=C(Cl)C(=O)Cl.OCc1ccccc1. The molecule has 0 atom stereocenters. The molecule has 2 aromatic carbocycles. The standard InChI is InChI=1S/C12H12O2.C7H8O.C5H5ClO.C5H6O2.C2Cl2O2/c1-2-3-9-12(13)14-10-11-7-5-4-6-8-11;8-6-7-4-2-1-3-5-7;2*1-2-3-4-5(6)7;3-1(5)2(4)6/h1,4-8H,3,9-10H2;1-5,8H,6H2;1H,3-4H2;1H,3-4H2,(H,6,7);. The average Bonchev–Trinajstić information content (AvgIpc) is 2.99. The predicted molar refractivity (Wildman–Crippen MR) is 163 cm³/mol. The van der Waals surface area contributed by atoms with Gasteiger partial charge in [-0.05, 0) is 45.9 Å². The highest BCUT2D eigenvalue weighted by molar-refractivity contribution is 6.97. The van der Waals surface area contributed by atoms with Crippen LogP contribution in [0.4, 0.5) is 0 Å². The Balaban J connectivity index is -0.000000475. The Labute approximate surface area is 261 Å². The van der Waals surface area contributed by atoms with Crippen LogP contribution in [-0.4, -0.2) is 37.9 Å². The quantitative estimate of drug-likeness (QED) is 0.151. The third-order valence-electron chi connectivity index (χ3n) is 3.85. The lowest BCUT2D eigenvalue weighted by Gasteiger charge is -2.02. The molecule has 8 nitrogen and oxygen atoms in total. The third-order valence-corrected chi connectivity index (χ3v) is 4.47. The number of aliphatic carboxylic acids is 1. The summed E-state index contributed by atoms with van der Waals surface area (Å²) in [5.74, 6) is 5.83. The van der Waals surface area contributed by atoms with E-state index in [2.05, 4.69) is 41.0 Å². The Bertz CT molecular complexity index is 1140. The number of terminal acetylenes is 3. The number of halogens is 3. The minimum atomic E-state index is -1.14. The fourth-order valence-electron chi connectivity index (χ4n) is 1.92. The number of benzene rings is 2. The maximum atomic E-state index is 11.1. The van der Waals surface area contributed by atoms with Gasteiger partial charge in [0.25, 0.3) is 0 Å². The molecule has 0 aromatic heterocycles. The van der Waals surface area contributed by atoms with Crippen LogP contribution < -0.4 is 0 Å². The highest BCUT2D eigenvalue weighted by Gasteiger charge is 2.02. The molecule has 2 N–H and O–H groups in total. The maximum Gasteiger partial charge on any atom is 0.307 e. The van der Waals surface area contributed by atoms with Crippen LogP contribution in [0, 0.1) is 37.0 Å². The molecule has 0 saturated heterocycles. The number of rotatable bonds is 10. The topological polar surface area (TPSA) is 135 Å². The molecule has 0 unspecified atom stereocenters. The molecular weight excluding hydrogens is 607 g/mol. The van der Waals surface area contributed by atoms with Crippen molar-refractivity contribution in [2.24, 2.45) is 0 Å². The Hall–Kier alpha value is -4.10. The molecule has 0 amide bonds. The van der Waals surface area contributed by atoms with Crippen molar-refractivity contribution in [3.05, 3.63) is 71.8 Å². The van der Waals surface area contributed by atoms with Gasteiger partial charge in [-0.25, -0.2) is 0 Å². The fraction of sp³-hybridized carbons (Fsp3) is 0.258. The summed E-state index contributed by atoms with van der Waals surface area (Å²) in [5.41, 5.74) is 1.95. The summed E-state index contributed by atoms with van der Waals surface area (Å²) >= 11 is 13.9. The second-order valence-electron chi connectivity index (χ2n) is 7.20. The monoisotopic (exact) mass is 636 g/mol. The van der Waals surface area contributed by atoms with E-state index >= 15 is 0 Å². The molecule has 0 heterocycles. The molecule has 0 fully saturated rings. The highest BCUT2D eigenvalue weighted by atomic mass is 35.5. The van der Waals surface area contributed by atoms with E-state index < -0.39 is 16.5 Å². The highest BCUT2D eigenvalue weighted by Crippen LogP contribution is 2.02. The van der Waals surface area contributed by atoms with Gasteiger partial charge < -0.3 is 14.9 Å². The van der Waals surface area contributed by atoms with Gasteiger partial charge in [0, 0.05) is 25.7 Å². The number of hydrogen-bond donors (Lipinski definition) is 2. The van der Waals surface area contributed by atoms with Gasteiger partial charge in [-0.15, -0.1) is 37.0 Å². The van der Waals surface area contributed by atoms with Crippen LogP contribution in [0.5, 0.6) is 0 Å². The number of hydrogen-bond acceptors (Lipinski definition) is 7. The summed E-state index contributed by atoms with van der Waals surface area (Å²) < 4.78 is 5.00. The van der Waals surface area contributed by atoms with Crippen molar-refractivity contribution in [1.82, 2.24) is 0 Å². The number of carbonyl (C=O) groups excluding carboxylic acids is 4. The first kappa shape index (κ1) is 42.4. The van der Waals surface area contributed by atoms with Crippen molar-refractivity contribution in [3.63, 3.8) is 0 Å². The van der Waals surface area contributed by atoms with Gasteiger partial charge in [-0.2, -0.15) is 0 Å². The third kappa shape index (κ3) is 35.9. The summed E-state index contributed by atoms with van der Waals surface area (Å²) in [6.45, 7) is 0.463. The number of ether oxygens (including phenoxy) is 1. The Kier molecular flexibility index (Phi) is 31.7. The Morgan fingerprint density at radius 1 is 0.667 bits per heavy atom. The zero-order valence-electron chi connectivity index (χ0n) is 22.6. The van der Waals surface area contributed by atoms with Crippen LogP contribution >= 0.6 is 34.8 Å². The van der Waals surface area contributed by atoms with Gasteiger partial charge >= 0.3 is 22.4 Å². The smallest absolute Gasteiger partial charge is 0.307 e. The van der Waals surface area contributed by atoms with E-state index in [9.17, 15) is 24.0 Å². The molecule has 0 bridgehead atoms. The molecule has 42 heavy (non-hydrogen) atoms. The van der Waals surface area contributed by atoms with E-state index in [1.54, 1.807) is 0 Å². The largest absolute Gasteiger partial charge is 0.481 e. The fourth-order valence-corrected chi connectivity index (χ4v) is 2.01. The van der Waals surface area contributed by atoms with Gasteiger partial charge in [0.2, 0.25) is 5.24 Å². The number of aliphatic hydroxyl groups excluding tert-OH is 1. The molecule has 0 saturated carbocycles. The van der Waals surface area contributed by atoms with Crippen molar-refractivity contribution in [1.29, 1.82) is 0 Å². The van der Waals surface area contributed by atoms with Crippen molar-refractivity contribution in [2.45, 2.75) is 51.7 Å². The van der Waals surface area contributed by atoms with Crippen LogP contribution in [-0.2, 0) is 41.9 Å². The first-order valence-electron chi connectivity index (χ1n) is 11.9. The molecule has 0 aliphatic rings. The van der Waals surface area contributed by atoms with E-state index in [0.717, 1.165) is 11.1 Å². The van der Waals surface area contributed by atoms with Gasteiger partial charge in [0.15, 0.2) is 0 Å². The normalized spacial score (nSPS) is 8.31. The number of carbonyl (C=O) groups is 5. The van der Waals surface area contributed by atoms with Crippen molar-refractivity contribution in [2.75, 3.05) is 0 Å². The van der Waals surface area contributed by atoms with Crippen molar-refractivity contribution < 1.29 is 38.9 Å². The van der Waals surface area contributed by atoms with Gasteiger partial charge in [0.05, 0.1) is 19.4 Å². The van der Waals surface area contributed by atoms with Crippen LogP contribution in [0.15, 0.2) is 60.7 Å². The Morgan fingerprint density at radius 2 is 1.07 bits per heavy atom. The number of carboxylic acids is 1. The maximum absolute atomic E-state index is 11.1. The van der Waals surface area contributed by atoms with E-state index in [4.69, 9.17) is 45.8 Å². The average molecular weight is 638 g/mol. The lowest BCUT2D eigenvalue weighted by atomic mass is 10.2. The minimum absolute atomic E-state index is 0.0799. The molecule has 0 spiro atoms. The van der Waals surface area contributed by atoms with E-state index in [1.807, 2.05) is 60.7 Å². The molecule has 0 aliphatic heterocycles. The first-order chi connectivity index (χ1) is 19.9.